The normalized spacial score (nSPS) is 11.4. The molecule has 0 radical (unpaired) electrons. The van der Waals surface area contributed by atoms with E-state index in [1.165, 1.54) is 191 Å². The van der Waals surface area contributed by atoms with Crippen molar-refractivity contribution in [1.82, 2.24) is 0 Å². The monoisotopic (exact) mass is 670 g/mol. The summed E-state index contributed by atoms with van der Waals surface area (Å²) in [5, 5.41) is 8.69. The minimum absolute atomic E-state index is 0.157. The molecule has 1 rings (SSSR count). The molecule has 0 atom stereocenters. The van der Waals surface area contributed by atoms with Crippen LogP contribution >= 0.6 is 0 Å². The predicted octanol–water partition coefficient (Wildman–Crippen LogP) is 13.4. The van der Waals surface area contributed by atoms with Crippen molar-refractivity contribution in [2.24, 2.45) is 5.73 Å². The van der Waals surface area contributed by atoms with Crippen molar-refractivity contribution in [3.8, 4) is 0 Å². The Hall–Kier alpha value is -1.84. The van der Waals surface area contributed by atoms with Gasteiger partial charge in [0.05, 0.1) is 0 Å². The van der Waals surface area contributed by atoms with E-state index in [0.29, 0.717) is 12.8 Å². The second-order valence-corrected chi connectivity index (χ2v) is 15.1. The number of benzene rings is 1. The molecule has 0 bridgehead atoms. The van der Waals surface area contributed by atoms with Crippen molar-refractivity contribution < 1.29 is 14.7 Å². The number of hydrogen-bond donors (Lipinski definition) is 2. The van der Waals surface area contributed by atoms with Gasteiger partial charge in [0.1, 0.15) is 0 Å². The van der Waals surface area contributed by atoms with E-state index < -0.39 is 5.97 Å². The first-order chi connectivity index (χ1) is 23.4. The summed E-state index contributed by atoms with van der Waals surface area (Å²) in [5.74, 6) is -0.813. The van der Waals surface area contributed by atoms with Gasteiger partial charge >= 0.3 is 5.97 Å². The van der Waals surface area contributed by atoms with Crippen LogP contribution < -0.4 is 5.73 Å². The van der Waals surface area contributed by atoms with E-state index in [2.05, 4.69) is 26.0 Å². The Kier molecular flexibility index (Phi) is 29.8. The fourth-order valence-corrected chi connectivity index (χ4v) is 7.40. The molecule has 0 saturated carbocycles. The molecule has 0 aromatic heterocycles. The van der Waals surface area contributed by atoms with E-state index in [4.69, 9.17) is 10.8 Å². The van der Waals surface area contributed by atoms with E-state index in [0.717, 1.165) is 25.7 Å². The highest BCUT2D eigenvalue weighted by Crippen LogP contribution is 2.24. The molecule has 1 aromatic carbocycles. The fourth-order valence-electron chi connectivity index (χ4n) is 7.40. The van der Waals surface area contributed by atoms with Gasteiger partial charge in [-0.1, -0.05) is 179 Å². The van der Waals surface area contributed by atoms with Crippen LogP contribution in [0.5, 0.6) is 0 Å². The molecule has 4 nitrogen and oxygen atoms in total. The maximum atomic E-state index is 10.8. The summed E-state index contributed by atoms with van der Waals surface area (Å²) in [6.45, 7) is 4.66. The lowest BCUT2D eigenvalue weighted by atomic mass is 9.90. The lowest BCUT2D eigenvalue weighted by Crippen LogP contribution is -2.09. The lowest BCUT2D eigenvalue weighted by molar-refractivity contribution is -0.137. The molecule has 3 N–H and O–H groups in total. The van der Waals surface area contributed by atoms with Gasteiger partial charge in [0.15, 0.2) is 0 Å². The Bertz CT molecular complexity index is 838. The standard InChI is InChI=1S/C44H79NO3/c1-39-37-38-40(2)42(34-30-26-22-18-14-10-6-4-8-12-16-20-24-28-32-36-44(47)48)41(39)33-29-25-21-17-13-9-5-3-7-11-15-19-23-27-31-35-43(45)46/h37-38H,3-36H2,1-2H3,(H2,45,46)(H,47,48). The molecular weight excluding hydrogens is 590 g/mol. The van der Waals surface area contributed by atoms with Crippen LogP contribution in [0.25, 0.3) is 0 Å². The first-order valence-corrected chi connectivity index (χ1v) is 21.0. The molecule has 48 heavy (non-hydrogen) atoms. The number of unbranched alkanes of at least 4 members (excludes halogenated alkanes) is 28. The number of carbonyl (C=O) groups is 2. The van der Waals surface area contributed by atoms with Gasteiger partial charge in [0.25, 0.3) is 0 Å². The van der Waals surface area contributed by atoms with Crippen LogP contribution in [0.1, 0.15) is 228 Å². The average Bonchev–Trinajstić information content (AvgIpc) is 3.05. The summed E-state index contributed by atoms with van der Waals surface area (Å²) < 4.78 is 0. The summed E-state index contributed by atoms with van der Waals surface area (Å²) >= 11 is 0. The van der Waals surface area contributed by atoms with Crippen LogP contribution in [-0.4, -0.2) is 17.0 Å². The third-order valence-electron chi connectivity index (χ3n) is 10.6. The highest BCUT2D eigenvalue weighted by molar-refractivity contribution is 5.73. The molecule has 0 aliphatic heterocycles. The molecule has 0 heterocycles. The number of rotatable bonds is 36. The molecule has 278 valence electrons. The average molecular weight is 670 g/mol. The fraction of sp³-hybridized carbons (Fsp3) is 0.818. The van der Waals surface area contributed by atoms with Crippen molar-refractivity contribution in [3.63, 3.8) is 0 Å². The summed E-state index contributed by atoms with van der Waals surface area (Å²) in [6, 6.07) is 4.71. The van der Waals surface area contributed by atoms with Crippen LogP contribution in [0.2, 0.25) is 0 Å². The number of aryl methyl sites for hydroxylation is 2. The van der Waals surface area contributed by atoms with Crippen molar-refractivity contribution in [1.29, 1.82) is 0 Å². The zero-order chi connectivity index (χ0) is 34.9. The Morgan fingerprint density at radius 3 is 0.896 bits per heavy atom. The summed E-state index contributed by atoms with van der Waals surface area (Å²) in [7, 11) is 0. The van der Waals surface area contributed by atoms with Gasteiger partial charge in [-0.2, -0.15) is 0 Å². The maximum absolute atomic E-state index is 10.8. The molecule has 0 saturated heterocycles. The van der Waals surface area contributed by atoms with E-state index >= 15 is 0 Å². The smallest absolute Gasteiger partial charge is 0.303 e. The number of primary amides is 1. The summed E-state index contributed by atoms with van der Waals surface area (Å²) in [5.41, 5.74) is 11.5. The van der Waals surface area contributed by atoms with Gasteiger partial charge in [-0.3, -0.25) is 9.59 Å². The second-order valence-electron chi connectivity index (χ2n) is 15.1. The Morgan fingerprint density at radius 1 is 0.417 bits per heavy atom. The minimum Gasteiger partial charge on any atom is -0.481 e. The molecule has 0 spiro atoms. The summed E-state index contributed by atoms with van der Waals surface area (Å²) in [4.78, 5) is 21.3. The lowest BCUT2D eigenvalue weighted by Gasteiger charge is -2.16. The molecule has 0 fully saturated rings. The number of amides is 1. The van der Waals surface area contributed by atoms with Crippen LogP contribution in [0.3, 0.4) is 0 Å². The van der Waals surface area contributed by atoms with Crippen molar-refractivity contribution in [3.05, 3.63) is 34.4 Å². The molecule has 1 amide bonds. The second kappa shape index (κ2) is 32.4. The SMILES string of the molecule is Cc1ccc(C)c(CCCCCCCCCCCCCCCCCC(=O)O)c1CCCCCCCCCCCCCCCCCC(N)=O. The van der Waals surface area contributed by atoms with Crippen LogP contribution in [0.4, 0.5) is 0 Å². The highest BCUT2D eigenvalue weighted by Gasteiger charge is 2.09. The van der Waals surface area contributed by atoms with E-state index in [-0.39, 0.29) is 5.91 Å². The van der Waals surface area contributed by atoms with E-state index in [1.54, 1.807) is 11.1 Å². The molecule has 0 unspecified atom stereocenters. The highest BCUT2D eigenvalue weighted by atomic mass is 16.4. The molecule has 1 aromatic rings. The van der Waals surface area contributed by atoms with E-state index in [1.807, 2.05) is 0 Å². The largest absolute Gasteiger partial charge is 0.481 e. The molecule has 4 heteroatoms. The first-order valence-electron chi connectivity index (χ1n) is 21.0. The van der Waals surface area contributed by atoms with Crippen LogP contribution in [0, 0.1) is 13.8 Å². The number of carboxylic acids is 1. The minimum atomic E-state index is -0.656. The zero-order valence-corrected chi connectivity index (χ0v) is 32.0. The summed E-state index contributed by atoms with van der Waals surface area (Å²) in [6.07, 6.45) is 42.9. The number of carbonyl (C=O) groups excluding carboxylic acids is 1. The molecule has 0 aliphatic carbocycles. The third-order valence-corrected chi connectivity index (χ3v) is 10.6. The van der Waals surface area contributed by atoms with Gasteiger partial charge in [0.2, 0.25) is 5.91 Å². The predicted molar refractivity (Wildman–Crippen MR) is 208 cm³/mol. The van der Waals surface area contributed by atoms with Gasteiger partial charge < -0.3 is 10.8 Å². The molecular formula is C44H79NO3. The van der Waals surface area contributed by atoms with Gasteiger partial charge in [-0.15, -0.1) is 0 Å². The van der Waals surface area contributed by atoms with Crippen molar-refractivity contribution in [2.45, 2.75) is 232 Å². The van der Waals surface area contributed by atoms with Crippen molar-refractivity contribution in [2.75, 3.05) is 0 Å². The van der Waals surface area contributed by atoms with Gasteiger partial charge in [0, 0.05) is 12.8 Å². The Morgan fingerprint density at radius 2 is 0.646 bits per heavy atom. The maximum Gasteiger partial charge on any atom is 0.303 e. The van der Waals surface area contributed by atoms with Gasteiger partial charge in [-0.05, 0) is 74.6 Å². The first kappa shape index (κ1) is 44.2. The molecule has 0 aliphatic rings. The number of carboxylic acid groups (broad SMARTS) is 1. The Balaban J connectivity index is 1.99. The van der Waals surface area contributed by atoms with E-state index in [9.17, 15) is 9.59 Å². The van der Waals surface area contributed by atoms with Crippen LogP contribution in [0.15, 0.2) is 12.1 Å². The van der Waals surface area contributed by atoms with Crippen LogP contribution in [-0.2, 0) is 22.4 Å². The number of nitrogens with two attached hydrogens (primary N) is 1. The number of aliphatic carboxylic acids is 1. The third kappa shape index (κ3) is 27.0. The Labute approximate surface area is 298 Å². The zero-order valence-electron chi connectivity index (χ0n) is 32.0. The number of hydrogen-bond acceptors (Lipinski definition) is 2. The van der Waals surface area contributed by atoms with Gasteiger partial charge in [-0.25, -0.2) is 0 Å². The quantitative estimate of drug-likeness (QED) is 0.0698. The topological polar surface area (TPSA) is 80.4 Å². The van der Waals surface area contributed by atoms with Crippen molar-refractivity contribution >= 4 is 11.9 Å².